The Labute approximate surface area is 106 Å². The Kier molecular flexibility index (Phi) is 4.16. The summed E-state index contributed by atoms with van der Waals surface area (Å²) in [6, 6.07) is 4.30. The third-order valence-electron chi connectivity index (χ3n) is 3.42. The Morgan fingerprint density at radius 1 is 1.18 bits per heavy atom. The number of rotatable bonds is 2. The molecule has 0 unspecified atom stereocenters. The van der Waals surface area contributed by atoms with Crippen molar-refractivity contribution >= 4 is 17.4 Å². The number of carbonyl (C=O) groups is 1. The molecule has 0 spiro atoms. The molecule has 1 aliphatic rings. The average Bonchev–Trinajstić information content (AvgIpc) is 2.56. The van der Waals surface area contributed by atoms with Crippen LogP contribution in [0.1, 0.15) is 48.9 Å². The maximum Gasteiger partial charge on any atom is 0.168 e. The predicted octanol–water partition coefficient (Wildman–Crippen LogP) is 4.63. The fourth-order valence-electron chi connectivity index (χ4n) is 2.45. The molecule has 0 radical (unpaired) electrons. The Hall–Kier alpha value is -0.890. The molecule has 3 heteroatoms. The minimum absolute atomic E-state index is 0.00632. The molecule has 1 aliphatic carbocycles. The Morgan fingerprint density at radius 2 is 1.82 bits per heavy atom. The molecule has 0 heterocycles. The van der Waals surface area contributed by atoms with Crippen LogP contribution in [0.3, 0.4) is 0 Å². The van der Waals surface area contributed by atoms with E-state index in [-0.39, 0.29) is 17.3 Å². The van der Waals surface area contributed by atoms with E-state index in [0.29, 0.717) is 5.02 Å². The van der Waals surface area contributed by atoms with E-state index >= 15 is 0 Å². The molecule has 1 aromatic rings. The zero-order valence-electron chi connectivity index (χ0n) is 9.72. The van der Waals surface area contributed by atoms with Gasteiger partial charge in [-0.15, -0.1) is 0 Å². The lowest BCUT2D eigenvalue weighted by Gasteiger charge is -2.13. The monoisotopic (exact) mass is 254 g/mol. The van der Waals surface area contributed by atoms with Crippen LogP contribution in [0.2, 0.25) is 5.02 Å². The van der Waals surface area contributed by atoms with Gasteiger partial charge < -0.3 is 0 Å². The Morgan fingerprint density at radius 3 is 2.41 bits per heavy atom. The molecule has 0 bridgehead atoms. The molecule has 1 saturated carbocycles. The summed E-state index contributed by atoms with van der Waals surface area (Å²) in [5, 5.41) is 0.333. The second-order valence-electron chi connectivity index (χ2n) is 4.68. The maximum atomic E-state index is 13.7. The van der Waals surface area contributed by atoms with Gasteiger partial charge in [-0.1, -0.05) is 37.3 Å². The normalized spacial score (nSPS) is 17.8. The van der Waals surface area contributed by atoms with Gasteiger partial charge in [-0.3, -0.25) is 4.79 Å². The summed E-state index contributed by atoms with van der Waals surface area (Å²) in [7, 11) is 0. The first-order valence-corrected chi connectivity index (χ1v) is 6.55. The molecule has 0 aromatic heterocycles. The van der Waals surface area contributed by atoms with Crippen LogP contribution >= 0.6 is 11.6 Å². The average molecular weight is 255 g/mol. The molecule has 0 aliphatic heterocycles. The highest BCUT2D eigenvalue weighted by atomic mass is 35.5. The van der Waals surface area contributed by atoms with Crippen molar-refractivity contribution in [3.63, 3.8) is 0 Å². The van der Waals surface area contributed by atoms with Gasteiger partial charge in [0.15, 0.2) is 5.78 Å². The van der Waals surface area contributed by atoms with E-state index in [9.17, 15) is 9.18 Å². The van der Waals surface area contributed by atoms with Crippen molar-refractivity contribution in [2.24, 2.45) is 5.92 Å². The van der Waals surface area contributed by atoms with Gasteiger partial charge in [0, 0.05) is 10.9 Å². The first kappa shape index (κ1) is 12.6. The Balaban J connectivity index is 2.17. The lowest BCUT2D eigenvalue weighted by Crippen LogP contribution is -2.15. The minimum Gasteiger partial charge on any atom is -0.294 e. The fourth-order valence-corrected chi connectivity index (χ4v) is 2.61. The number of benzene rings is 1. The van der Waals surface area contributed by atoms with Crippen molar-refractivity contribution in [3.8, 4) is 0 Å². The first-order valence-electron chi connectivity index (χ1n) is 6.18. The van der Waals surface area contributed by atoms with Crippen LogP contribution < -0.4 is 0 Å². The molecule has 0 atom stereocenters. The van der Waals surface area contributed by atoms with Crippen LogP contribution in [-0.2, 0) is 0 Å². The zero-order chi connectivity index (χ0) is 12.3. The number of ketones is 1. The number of hydrogen-bond acceptors (Lipinski definition) is 1. The van der Waals surface area contributed by atoms with E-state index in [1.807, 2.05) is 0 Å². The highest BCUT2D eigenvalue weighted by Gasteiger charge is 2.23. The van der Waals surface area contributed by atoms with E-state index in [1.165, 1.54) is 25.0 Å². The van der Waals surface area contributed by atoms with Crippen LogP contribution in [0.5, 0.6) is 0 Å². The quantitative estimate of drug-likeness (QED) is 0.555. The lowest BCUT2D eigenvalue weighted by molar-refractivity contribution is 0.0903. The molecule has 1 aromatic carbocycles. The van der Waals surface area contributed by atoms with Gasteiger partial charge in [-0.05, 0) is 31.0 Å². The molecule has 2 rings (SSSR count). The van der Waals surface area contributed by atoms with Crippen LogP contribution in [0.25, 0.3) is 0 Å². The highest BCUT2D eigenvalue weighted by Crippen LogP contribution is 2.27. The van der Waals surface area contributed by atoms with Crippen LogP contribution in [0.15, 0.2) is 18.2 Å². The van der Waals surface area contributed by atoms with Crippen LogP contribution in [0.4, 0.5) is 4.39 Å². The van der Waals surface area contributed by atoms with E-state index in [1.54, 1.807) is 6.07 Å². The summed E-state index contributed by atoms with van der Waals surface area (Å²) in [6.45, 7) is 0. The van der Waals surface area contributed by atoms with Gasteiger partial charge in [0.1, 0.15) is 5.82 Å². The number of halogens is 2. The van der Waals surface area contributed by atoms with Gasteiger partial charge >= 0.3 is 0 Å². The molecule has 0 amide bonds. The van der Waals surface area contributed by atoms with Crippen molar-refractivity contribution in [2.75, 3.05) is 0 Å². The van der Waals surface area contributed by atoms with E-state index in [0.717, 1.165) is 25.7 Å². The Bertz CT molecular complexity index is 409. The van der Waals surface area contributed by atoms with E-state index in [2.05, 4.69) is 0 Å². The van der Waals surface area contributed by atoms with Crippen LogP contribution in [-0.4, -0.2) is 5.78 Å². The second-order valence-corrected chi connectivity index (χ2v) is 5.11. The molecule has 1 fully saturated rings. The number of carbonyl (C=O) groups excluding carboxylic acids is 1. The summed E-state index contributed by atoms with van der Waals surface area (Å²) in [5.74, 6) is -0.555. The molecular formula is C14H16ClFO. The lowest BCUT2D eigenvalue weighted by atomic mass is 9.91. The SMILES string of the molecule is O=C(c1ccc(Cl)cc1F)C1CCCCCC1. The fraction of sp³-hybridized carbons (Fsp3) is 0.500. The van der Waals surface area contributed by atoms with Gasteiger partial charge in [0.05, 0.1) is 5.56 Å². The topological polar surface area (TPSA) is 17.1 Å². The zero-order valence-corrected chi connectivity index (χ0v) is 10.5. The molecule has 17 heavy (non-hydrogen) atoms. The van der Waals surface area contributed by atoms with Gasteiger partial charge in [0.2, 0.25) is 0 Å². The summed E-state index contributed by atoms with van der Waals surface area (Å²) < 4.78 is 13.7. The van der Waals surface area contributed by atoms with Gasteiger partial charge in [0.25, 0.3) is 0 Å². The van der Waals surface area contributed by atoms with Crippen molar-refractivity contribution < 1.29 is 9.18 Å². The van der Waals surface area contributed by atoms with Crippen molar-refractivity contribution in [1.29, 1.82) is 0 Å². The maximum absolute atomic E-state index is 13.7. The standard InChI is InChI=1S/C14H16ClFO/c15-11-7-8-12(13(16)9-11)14(17)10-5-3-1-2-4-6-10/h7-10H,1-6H2. The summed E-state index contributed by atoms with van der Waals surface area (Å²) in [6.07, 6.45) is 6.30. The molecule has 0 N–H and O–H groups in total. The van der Waals surface area contributed by atoms with E-state index in [4.69, 9.17) is 11.6 Å². The number of hydrogen-bond donors (Lipinski definition) is 0. The third-order valence-corrected chi connectivity index (χ3v) is 3.66. The number of Topliss-reactive ketones (excluding diaryl/α,β-unsaturated/α-hetero) is 1. The summed E-state index contributed by atoms with van der Waals surface area (Å²) in [5.41, 5.74) is 0.196. The van der Waals surface area contributed by atoms with E-state index < -0.39 is 5.82 Å². The smallest absolute Gasteiger partial charge is 0.168 e. The first-order chi connectivity index (χ1) is 8.18. The van der Waals surface area contributed by atoms with Gasteiger partial charge in [-0.25, -0.2) is 4.39 Å². The molecular weight excluding hydrogens is 239 g/mol. The van der Waals surface area contributed by atoms with Gasteiger partial charge in [-0.2, -0.15) is 0 Å². The molecule has 92 valence electrons. The largest absolute Gasteiger partial charge is 0.294 e. The third kappa shape index (κ3) is 3.06. The molecule has 1 nitrogen and oxygen atoms in total. The van der Waals surface area contributed by atoms with Crippen molar-refractivity contribution in [2.45, 2.75) is 38.5 Å². The summed E-state index contributed by atoms with van der Waals surface area (Å²) in [4.78, 5) is 12.2. The molecule has 0 saturated heterocycles. The van der Waals surface area contributed by atoms with Crippen molar-refractivity contribution in [3.05, 3.63) is 34.6 Å². The van der Waals surface area contributed by atoms with Crippen LogP contribution in [0, 0.1) is 11.7 Å². The highest BCUT2D eigenvalue weighted by molar-refractivity contribution is 6.30. The van der Waals surface area contributed by atoms with Crippen molar-refractivity contribution in [1.82, 2.24) is 0 Å². The predicted molar refractivity (Wildman–Crippen MR) is 66.9 cm³/mol. The summed E-state index contributed by atoms with van der Waals surface area (Å²) >= 11 is 5.68. The minimum atomic E-state index is -0.494. The second kappa shape index (κ2) is 5.63.